The maximum atomic E-state index is 13.1. The first-order valence-corrected chi connectivity index (χ1v) is 11.0. The summed E-state index contributed by atoms with van der Waals surface area (Å²) in [5, 5.41) is 0. The van der Waals surface area contributed by atoms with Gasteiger partial charge >= 0.3 is 6.09 Å². The van der Waals surface area contributed by atoms with Crippen molar-refractivity contribution in [3.63, 3.8) is 0 Å². The molecular weight excluding hydrogens is 374 g/mol. The van der Waals surface area contributed by atoms with Gasteiger partial charge in [0.2, 0.25) is 0 Å². The molecule has 1 saturated heterocycles. The Morgan fingerprint density at radius 1 is 1.23 bits per heavy atom. The van der Waals surface area contributed by atoms with E-state index in [1.54, 1.807) is 11.1 Å². The van der Waals surface area contributed by atoms with Crippen LogP contribution in [0, 0.1) is 0 Å². The van der Waals surface area contributed by atoms with Crippen molar-refractivity contribution in [1.82, 2.24) is 9.88 Å². The second-order valence-electron chi connectivity index (χ2n) is 9.14. The molecule has 5 nitrogen and oxygen atoms in total. The third-order valence-corrected chi connectivity index (χ3v) is 5.62. The van der Waals surface area contributed by atoms with Gasteiger partial charge in [-0.05, 0) is 65.1 Å². The fourth-order valence-electron chi connectivity index (χ4n) is 4.03. The molecule has 1 aliphatic heterocycles. The second kappa shape index (κ2) is 9.61. The van der Waals surface area contributed by atoms with E-state index in [0.29, 0.717) is 0 Å². The van der Waals surface area contributed by atoms with Gasteiger partial charge in [-0.25, -0.2) is 9.78 Å². The molecule has 2 aromatic rings. The minimum Gasteiger partial charge on any atom is -0.443 e. The first-order chi connectivity index (χ1) is 14.3. The molecule has 1 aromatic heterocycles. The van der Waals surface area contributed by atoms with Crippen LogP contribution in [-0.4, -0.2) is 34.2 Å². The number of benzene rings is 1. The maximum Gasteiger partial charge on any atom is 0.416 e. The molecule has 0 N–H and O–H groups in total. The summed E-state index contributed by atoms with van der Waals surface area (Å²) in [6.07, 6.45) is 4.47. The van der Waals surface area contributed by atoms with Crippen LogP contribution in [0.15, 0.2) is 48.7 Å². The normalized spacial score (nSPS) is 18.2. The van der Waals surface area contributed by atoms with E-state index in [4.69, 9.17) is 4.74 Å². The molecule has 5 heteroatoms. The Kier molecular flexibility index (Phi) is 7.14. The Morgan fingerprint density at radius 2 is 1.97 bits per heavy atom. The van der Waals surface area contributed by atoms with Crippen LogP contribution in [0.25, 0.3) is 0 Å². The standard InChI is InChI=1S/C25H35N3O2/c1-6-19(2)28(24(29)30-25(3,4)5)23-21(14-10-16-26-23)22-15-11-17-27(22)18-20-12-8-7-9-13-20/h7-10,12-14,16,19,22H,6,11,15,17-18H2,1-5H3/t19-,22-/m1/s1. The number of carbonyl (C=O) groups excluding carboxylic acids is 1. The number of likely N-dealkylation sites (tertiary alicyclic amines) is 1. The van der Waals surface area contributed by atoms with Gasteiger partial charge in [0.05, 0.1) is 0 Å². The Bertz CT molecular complexity index is 832. The first-order valence-electron chi connectivity index (χ1n) is 11.0. The van der Waals surface area contributed by atoms with Gasteiger partial charge in [0.1, 0.15) is 11.4 Å². The third kappa shape index (κ3) is 5.39. The van der Waals surface area contributed by atoms with Gasteiger partial charge in [-0.1, -0.05) is 43.3 Å². The zero-order valence-corrected chi connectivity index (χ0v) is 19.0. The number of rotatable bonds is 6. The second-order valence-corrected chi connectivity index (χ2v) is 9.14. The molecule has 1 aliphatic rings. The zero-order valence-electron chi connectivity index (χ0n) is 19.0. The number of hydrogen-bond acceptors (Lipinski definition) is 4. The van der Waals surface area contributed by atoms with Crippen molar-refractivity contribution in [2.24, 2.45) is 0 Å². The Morgan fingerprint density at radius 3 is 2.63 bits per heavy atom. The zero-order chi connectivity index (χ0) is 21.7. The highest BCUT2D eigenvalue weighted by Gasteiger charge is 2.34. The molecule has 0 bridgehead atoms. The van der Waals surface area contributed by atoms with Crippen molar-refractivity contribution in [1.29, 1.82) is 0 Å². The van der Waals surface area contributed by atoms with Crippen LogP contribution in [0.3, 0.4) is 0 Å². The number of aromatic nitrogens is 1. The molecule has 0 aliphatic carbocycles. The van der Waals surface area contributed by atoms with Gasteiger partial charge in [-0.2, -0.15) is 0 Å². The van der Waals surface area contributed by atoms with Gasteiger partial charge in [0, 0.05) is 30.4 Å². The number of anilines is 1. The summed E-state index contributed by atoms with van der Waals surface area (Å²) in [7, 11) is 0. The van der Waals surface area contributed by atoms with E-state index in [-0.39, 0.29) is 18.2 Å². The van der Waals surface area contributed by atoms with Crippen molar-refractivity contribution in [3.05, 3.63) is 59.8 Å². The molecule has 30 heavy (non-hydrogen) atoms. The summed E-state index contributed by atoms with van der Waals surface area (Å²) in [6.45, 7) is 11.8. The van der Waals surface area contributed by atoms with Gasteiger partial charge in [-0.3, -0.25) is 9.80 Å². The minimum absolute atomic E-state index is 0.00234. The Balaban J connectivity index is 1.93. The summed E-state index contributed by atoms with van der Waals surface area (Å²) >= 11 is 0. The highest BCUT2D eigenvalue weighted by molar-refractivity contribution is 5.88. The molecule has 0 radical (unpaired) electrons. The van der Waals surface area contributed by atoms with E-state index in [1.807, 2.05) is 26.8 Å². The number of nitrogens with zero attached hydrogens (tertiary/aromatic N) is 3. The first kappa shape index (κ1) is 22.3. The van der Waals surface area contributed by atoms with E-state index in [9.17, 15) is 4.79 Å². The minimum atomic E-state index is -0.551. The predicted octanol–water partition coefficient (Wildman–Crippen LogP) is 5.96. The molecule has 1 fully saturated rings. The Hall–Kier alpha value is -2.40. The lowest BCUT2D eigenvalue weighted by Crippen LogP contribution is -2.43. The lowest BCUT2D eigenvalue weighted by atomic mass is 10.0. The van der Waals surface area contributed by atoms with Crippen LogP contribution in [0.1, 0.15) is 71.0 Å². The van der Waals surface area contributed by atoms with Crippen LogP contribution < -0.4 is 4.90 Å². The van der Waals surface area contributed by atoms with E-state index < -0.39 is 5.60 Å². The number of amides is 1. The lowest BCUT2D eigenvalue weighted by molar-refractivity contribution is 0.0565. The monoisotopic (exact) mass is 409 g/mol. The van der Waals surface area contributed by atoms with Gasteiger partial charge < -0.3 is 4.74 Å². The number of ether oxygens (including phenoxy) is 1. The summed E-state index contributed by atoms with van der Waals surface area (Å²) in [5.74, 6) is 0.728. The van der Waals surface area contributed by atoms with Crippen molar-refractivity contribution in [2.45, 2.75) is 78.1 Å². The smallest absolute Gasteiger partial charge is 0.416 e. The highest BCUT2D eigenvalue weighted by atomic mass is 16.6. The molecule has 0 saturated carbocycles. The fourth-order valence-corrected chi connectivity index (χ4v) is 4.03. The summed E-state index contributed by atoms with van der Waals surface area (Å²) < 4.78 is 5.75. The number of pyridine rings is 1. The van der Waals surface area contributed by atoms with Crippen LogP contribution in [0.4, 0.5) is 10.6 Å². The molecule has 2 atom stereocenters. The van der Waals surface area contributed by atoms with Gasteiger partial charge in [0.15, 0.2) is 0 Å². The predicted molar refractivity (Wildman–Crippen MR) is 122 cm³/mol. The van der Waals surface area contributed by atoms with Crippen molar-refractivity contribution >= 4 is 11.9 Å². The summed E-state index contributed by atoms with van der Waals surface area (Å²) in [6, 6.07) is 14.9. The quantitative estimate of drug-likeness (QED) is 0.591. The lowest BCUT2D eigenvalue weighted by Gasteiger charge is -2.34. The van der Waals surface area contributed by atoms with Crippen LogP contribution >= 0.6 is 0 Å². The molecule has 162 valence electrons. The van der Waals surface area contributed by atoms with Crippen LogP contribution in [-0.2, 0) is 11.3 Å². The molecule has 0 spiro atoms. The fraction of sp³-hybridized carbons (Fsp3) is 0.520. The van der Waals surface area contributed by atoms with Gasteiger partial charge in [-0.15, -0.1) is 0 Å². The number of carbonyl (C=O) groups is 1. The largest absolute Gasteiger partial charge is 0.443 e. The molecular formula is C25H35N3O2. The van der Waals surface area contributed by atoms with Gasteiger partial charge in [0.25, 0.3) is 0 Å². The molecule has 0 unspecified atom stereocenters. The van der Waals surface area contributed by atoms with Crippen LogP contribution in [0.2, 0.25) is 0 Å². The highest BCUT2D eigenvalue weighted by Crippen LogP contribution is 2.38. The summed E-state index contributed by atoms with van der Waals surface area (Å²) in [4.78, 5) is 22.1. The van der Waals surface area contributed by atoms with Crippen molar-refractivity contribution < 1.29 is 9.53 Å². The molecule has 1 aromatic carbocycles. The molecule has 3 rings (SSSR count). The SMILES string of the molecule is CC[C@@H](C)N(C(=O)OC(C)(C)C)c1ncccc1[C@H]1CCCN1Cc1ccccc1. The maximum absolute atomic E-state index is 13.1. The third-order valence-electron chi connectivity index (χ3n) is 5.62. The average Bonchev–Trinajstić information content (AvgIpc) is 3.15. The molecule has 2 heterocycles. The Labute approximate surface area is 181 Å². The topological polar surface area (TPSA) is 45.7 Å². The van der Waals surface area contributed by atoms with E-state index in [2.05, 4.69) is 60.1 Å². The van der Waals surface area contributed by atoms with E-state index in [0.717, 1.165) is 43.7 Å². The average molecular weight is 410 g/mol. The van der Waals surface area contributed by atoms with Crippen LogP contribution in [0.5, 0.6) is 0 Å². The number of hydrogen-bond donors (Lipinski definition) is 0. The van der Waals surface area contributed by atoms with E-state index >= 15 is 0 Å². The van der Waals surface area contributed by atoms with E-state index in [1.165, 1.54) is 5.56 Å². The molecule has 1 amide bonds. The van der Waals surface area contributed by atoms with Crippen molar-refractivity contribution in [3.8, 4) is 0 Å². The summed E-state index contributed by atoms with van der Waals surface area (Å²) in [5.41, 5.74) is 1.86. The van der Waals surface area contributed by atoms with Crippen molar-refractivity contribution in [2.75, 3.05) is 11.4 Å².